The van der Waals surface area contributed by atoms with Crippen LogP contribution < -0.4 is 0 Å². The van der Waals surface area contributed by atoms with Gasteiger partial charge in [0, 0.05) is 0 Å². The van der Waals surface area contributed by atoms with Crippen LogP contribution in [0.3, 0.4) is 0 Å². The molecule has 0 saturated heterocycles. The second-order valence-electron chi connectivity index (χ2n) is 2.76. The standard InChI is InChI=1S/C5H9N9/c1-12(4-13-8-2-6-10-13)5-14-9-3-7-11-14/h2-3H,4-5H2,1H3. The van der Waals surface area contributed by atoms with Crippen LogP contribution in [0.1, 0.15) is 0 Å². The van der Waals surface area contributed by atoms with E-state index in [2.05, 4.69) is 30.8 Å². The Bertz CT molecular complexity index is 314. The van der Waals surface area contributed by atoms with Gasteiger partial charge in [0.05, 0.1) is 0 Å². The molecule has 2 aromatic rings. The summed E-state index contributed by atoms with van der Waals surface area (Å²) < 4.78 is 0. The summed E-state index contributed by atoms with van der Waals surface area (Å²) in [5.74, 6) is 0. The van der Waals surface area contributed by atoms with Gasteiger partial charge in [0.25, 0.3) is 0 Å². The van der Waals surface area contributed by atoms with Crippen molar-refractivity contribution in [2.24, 2.45) is 0 Å². The monoisotopic (exact) mass is 195 g/mol. The third-order valence-corrected chi connectivity index (χ3v) is 1.52. The number of tetrazole rings is 2. The summed E-state index contributed by atoms with van der Waals surface area (Å²) >= 11 is 0. The van der Waals surface area contributed by atoms with Gasteiger partial charge >= 0.3 is 0 Å². The molecule has 0 spiro atoms. The van der Waals surface area contributed by atoms with Crippen molar-refractivity contribution >= 4 is 0 Å². The van der Waals surface area contributed by atoms with Crippen molar-refractivity contribution in [2.45, 2.75) is 13.3 Å². The van der Waals surface area contributed by atoms with Gasteiger partial charge in [-0.05, 0) is 17.5 Å². The van der Waals surface area contributed by atoms with Gasteiger partial charge < -0.3 is 0 Å². The molecule has 0 aromatic carbocycles. The minimum absolute atomic E-state index is 0.529. The summed E-state index contributed by atoms with van der Waals surface area (Å²) in [7, 11) is 1.90. The molecular weight excluding hydrogens is 186 g/mol. The van der Waals surface area contributed by atoms with Crippen molar-refractivity contribution in [1.82, 2.24) is 45.3 Å². The summed E-state index contributed by atoms with van der Waals surface area (Å²) in [5.41, 5.74) is 0. The molecule has 9 nitrogen and oxygen atoms in total. The number of rotatable bonds is 4. The van der Waals surface area contributed by atoms with Gasteiger partial charge in [0.15, 0.2) is 12.7 Å². The number of hydrogen-bond acceptors (Lipinski definition) is 7. The van der Waals surface area contributed by atoms with E-state index in [4.69, 9.17) is 0 Å². The van der Waals surface area contributed by atoms with Gasteiger partial charge in [-0.25, -0.2) is 0 Å². The van der Waals surface area contributed by atoms with Crippen LogP contribution in [0.5, 0.6) is 0 Å². The fourth-order valence-corrected chi connectivity index (χ4v) is 0.983. The van der Waals surface area contributed by atoms with Gasteiger partial charge in [-0.1, -0.05) is 0 Å². The van der Waals surface area contributed by atoms with Gasteiger partial charge in [-0.2, -0.15) is 0 Å². The molecular formula is C5H9N9. The summed E-state index contributed by atoms with van der Waals surface area (Å²) in [5, 5.41) is 22.4. The Morgan fingerprint density at radius 2 is 1.50 bits per heavy atom. The third kappa shape index (κ3) is 2.07. The average molecular weight is 195 g/mol. The van der Waals surface area contributed by atoms with E-state index in [9.17, 15) is 0 Å². The molecule has 9 heteroatoms. The largest absolute Gasteiger partial charge is 0.265 e. The molecule has 0 radical (unpaired) electrons. The first-order valence-corrected chi connectivity index (χ1v) is 3.94. The predicted molar refractivity (Wildman–Crippen MR) is 43.4 cm³/mol. The Balaban J connectivity index is 1.88. The molecule has 0 saturated carbocycles. The van der Waals surface area contributed by atoms with Crippen LogP contribution in [0, 0.1) is 0 Å². The first-order valence-electron chi connectivity index (χ1n) is 3.94. The molecule has 0 aliphatic rings. The van der Waals surface area contributed by atoms with Crippen molar-refractivity contribution in [1.29, 1.82) is 0 Å². The normalized spacial score (nSPS) is 11.0. The highest BCUT2D eigenvalue weighted by Gasteiger charge is 2.02. The highest BCUT2D eigenvalue weighted by molar-refractivity contribution is 4.42. The van der Waals surface area contributed by atoms with E-state index in [0.717, 1.165) is 0 Å². The van der Waals surface area contributed by atoms with E-state index in [1.54, 1.807) is 0 Å². The van der Waals surface area contributed by atoms with Crippen LogP contribution >= 0.6 is 0 Å². The van der Waals surface area contributed by atoms with Crippen LogP contribution in [0.15, 0.2) is 12.7 Å². The van der Waals surface area contributed by atoms with Crippen LogP contribution in [0.2, 0.25) is 0 Å². The number of hydrogen-bond donors (Lipinski definition) is 0. The topological polar surface area (TPSA) is 90.4 Å². The molecule has 0 fully saturated rings. The lowest BCUT2D eigenvalue weighted by Gasteiger charge is -2.13. The van der Waals surface area contributed by atoms with Crippen molar-refractivity contribution < 1.29 is 0 Å². The van der Waals surface area contributed by atoms with E-state index in [0.29, 0.717) is 13.3 Å². The fraction of sp³-hybridized carbons (Fsp3) is 0.600. The first kappa shape index (κ1) is 8.69. The number of aromatic nitrogens is 8. The Kier molecular flexibility index (Phi) is 2.40. The molecule has 2 aromatic heterocycles. The van der Waals surface area contributed by atoms with Crippen molar-refractivity contribution in [2.75, 3.05) is 7.05 Å². The molecule has 0 aliphatic carbocycles. The van der Waals surface area contributed by atoms with Crippen LogP contribution in [0.4, 0.5) is 0 Å². The van der Waals surface area contributed by atoms with Gasteiger partial charge in [0.2, 0.25) is 0 Å². The highest BCUT2D eigenvalue weighted by Crippen LogP contribution is 1.87. The van der Waals surface area contributed by atoms with Gasteiger partial charge in [0.1, 0.15) is 13.3 Å². The molecule has 74 valence electrons. The Hall–Kier alpha value is -1.90. The zero-order valence-electron chi connectivity index (χ0n) is 7.59. The molecule has 0 N–H and O–H groups in total. The summed E-state index contributed by atoms with van der Waals surface area (Å²) in [6.07, 6.45) is 2.78. The fourth-order valence-electron chi connectivity index (χ4n) is 0.983. The summed E-state index contributed by atoms with van der Waals surface area (Å²) in [4.78, 5) is 4.86. The van der Waals surface area contributed by atoms with Crippen LogP contribution in [-0.4, -0.2) is 52.4 Å². The predicted octanol–water partition coefficient (Wildman–Crippen LogP) is -1.79. The minimum atomic E-state index is 0.529. The molecule has 0 amide bonds. The second kappa shape index (κ2) is 3.87. The molecule has 0 aliphatic heterocycles. The van der Waals surface area contributed by atoms with Crippen LogP contribution in [-0.2, 0) is 13.3 Å². The Morgan fingerprint density at radius 3 is 1.86 bits per heavy atom. The maximum Gasteiger partial charge on any atom is 0.162 e. The van der Waals surface area contributed by atoms with Crippen molar-refractivity contribution in [3.8, 4) is 0 Å². The first-order chi connectivity index (χ1) is 6.84. The van der Waals surface area contributed by atoms with Crippen molar-refractivity contribution in [3.05, 3.63) is 12.7 Å². The third-order valence-electron chi connectivity index (χ3n) is 1.52. The summed E-state index contributed by atoms with van der Waals surface area (Å²) in [6.45, 7) is 1.06. The minimum Gasteiger partial charge on any atom is -0.265 e. The Labute approximate surface area is 79.3 Å². The molecule has 0 bridgehead atoms. The van der Waals surface area contributed by atoms with E-state index in [1.165, 1.54) is 22.2 Å². The zero-order valence-corrected chi connectivity index (χ0v) is 7.59. The molecule has 0 atom stereocenters. The second-order valence-corrected chi connectivity index (χ2v) is 2.76. The summed E-state index contributed by atoms with van der Waals surface area (Å²) in [6, 6.07) is 0. The number of nitrogens with zero attached hydrogens (tertiary/aromatic N) is 9. The maximum atomic E-state index is 3.87. The lowest BCUT2D eigenvalue weighted by Crippen LogP contribution is -2.27. The van der Waals surface area contributed by atoms with Crippen molar-refractivity contribution in [3.63, 3.8) is 0 Å². The van der Waals surface area contributed by atoms with Gasteiger partial charge in [-0.3, -0.25) is 4.90 Å². The van der Waals surface area contributed by atoms with Gasteiger partial charge in [-0.15, -0.1) is 30.0 Å². The van der Waals surface area contributed by atoms with E-state index >= 15 is 0 Å². The highest BCUT2D eigenvalue weighted by atomic mass is 15.6. The Morgan fingerprint density at radius 1 is 1.00 bits per heavy atom. The average Bonchev–Trinajstić information content (AvgIpc) is 2.76. The molecule has 14 heavy (non-hydrogen) atoms. The quantitative estimate of drug-likeness (QED) is 0.568. The zero-order chi connectivity index (χ0) is 9.80. The molecule has 2 heterocycles. The van der Waals surface area contributed by atoms with E-state index in [1.807, 2.05) is 11.9 Å². The molecule has 2 rings (SSSR count). The lowest BCUT2D eigenvalue weighted by molar-refractivity contribution is 0.168. The maximum absolute atomic E-state index is 3.87. The van der Waals surface area contributed by atoms with E-state index < -0.39 is 0 Å². The molecule has 0 unspecified atom stereocenters. The van der Waals surface area contributed by atoms with E-state index in [-0.39, 0.29) is 0 Å². The lowest BCUT2D eigenvalue weighted by atomic mass is 10.8. The SMILES string of the molecule is CN(Cn1ncnn1)Cn1ncnn1. The smallest absolute Gasteiger partial charge is 0.162 e. The van der Waals surface area contributed by atoms with Crippen LogP contribution in [0.25, 0.3) is 0 Å².